The van der Waals surface area contributed by atoms with E-state index in [4.69, 9.17) is 16.3 Å². The SMILES string of the molecule is CC(N)CCSCCOc1ccc(C(=O)NN)cc1. The molecule has 1 unspecified atom stereocenters. The molecule has 5 N–H and O–H groups in total. The molecule has 106 valence electrons. The van der Waals surface area contributed by atoms with Crippen molar-refractivity contribution in [1.29, 1.82) is 0 Å². The van der Waals surface area contributed by atoms with Crippen LogP contribution in [0.15, 0.2) is 24.3 Å². The number of rotatable bonds is 8. The summed E-state index contributed by atoms with van der Waals surface area (Å²) in [6.45, 7) is 2.65. The second-order valence-electron chi connectivity index (χ2n) is 4.22. The number of ether oxygens (including phenoxy) is 1. The second-order valence-corrected chi connectivity index (χ2v) is 5.45. The number of hydrogen-bond acceptors (Lipinski definition) is 5. The molecular weight excluding hydrogens is 262 g/mol. The molecule has 0 aliphatic rings. The predicted octanol–water partition coefficient (Wildman–Crippen LogP) is 1.14. The summed E-state index contributed by atoms with van der Waals surface area (Å²) in [5.74, 6) is 7.47. The molecular formula is C13H21N3O2S. The van der Waals surface area contributed by atoms with Crippen LogP contribution in [0, 0.1) is 0 Å². The second kappa shape index (κ2) is 8.79. The Balaban J connectivity index is 2.21. The summed E-state index contributed by atoms with van der Waals surface area (Å²) in [6.07, 6.45) is 1.02. The molecule has 0 aromatic heterocycles. The molecule has 19 heavy (non-hydrogen) atoms. The minimum absolute atomic E-state index is 0.259. The van der Waals surface area contributed by atoms with Crippen LogP contribution in [0.2, 0.25) is 0 Å². The largest absolute Gasteiger partial charge is 0.493 e. The maximum Gasteiger partial charge on any atom is 0.265 e. The van der Waals surface area contributed by atoms with Crippen molar-refractivity contribution in [1.82, 2.24) is 5.43 Å². The topological polar surface area (TPSA) is 90.4 Å². The number of carbonyl (C=O) groups is 1. The van der Waals surface area contributed by atoms with Gasteiger partial charge in [0, 0.05) is 17.4 Å². The van der Waals surface area contributed by atoms with E-state index in [0.717, 1.165) is 23.7 Å². The first-order chi connectivity index (χ1) is 9.13. The Kier molecular flexibility index (Phi) is 7.32. The number of hydrogen-bond donors (Lipinski definition) is 3. The first-order valence-electron chi connectivity index (χ1n) is 6.20. The first-order valence-corrected chi connectivity index (χ1v) is 7.36. The zero-order valence-electron chi connectivity index (χ0n) is 11.1. The normalized spacial score (nSPS) is 11.9. The molecule has 6 heteroatoms. The zero-order valence-corrected chi connectivity index (χ0v) is 11.9. The fourth-order valence-corrected chi connectivity index (χ4v) is 2.32. The average Bonchev–Trinajstić information content (AvgIpc) is 2.42. The molecule has 0 bridgehead atoms. The predicted molar refractivity (Wildman–Crippen MR) is 79.2 cm³/mol. The highest BCUT2D eigenvalue weighted by molar-refractivity contribution is 7.99. The van der Waals surface area contributed by atoms with Gasteiger partial charge in [-0.05, 0) is 43.4 Å². The standard InChI is InChI=1S/C13H21N3O2S/c1-10(14)6-8-19-9-7-18-12-4-2-11(3-5-12)13(17)16-15/h2-5,10H,6-9,14-15H2,1H3,(H,16,17). The van der Waals surface area contributed by atoms with Crippen molar-refractivity contribution < 1.29 is 9.53 Å². The van der Waals surface area contributed by atoms with Crippen LogP contribution >= 0.6 is 11.8 Å². The van der Waals surface area contributed by atoms with E-state index in [2.05, 4.69) is 5.43 Å². The molecule has 1 aromatic carbocycles. The van der Waals surface area contributed by atoms with Gasteiger partial charge in [0.1, 0.15) is 5.75 Å². The summed E-state index contributed by atoms with van der Waals surface area (Å²) in [5, 5.41) is 0. The number of nitrogens with one attached hydrogen (secondary N) is 1. The summed E-state index contributed by atoms with van der Waals surface area (Å²) in [5.41, 5.74) is 8.26. The maximum atomic E-state index is 11.2. The van der Waals surface area contributed by atoms with Gasteiger partial charge in [0.05, 0.1) is 6.61 Å². The summed E-state index contributed by atoms with van der Waals surface area (Å²) in [6, 6.07) is 7.14. The van der Waals surface area contributed by atoms with Gasteiger partial charge in [-0.3, -0.25) is 10.2 Å². The lowest BCUT2D eigenvalue weighted by Gasteiger charge is -2.07. The molecule has 0 spiro atoms. The molecule has 1 amide bonds. The van der Waals surface area contributed by atoms with Gasteiger partial charge in [-0.25, -0.2) is 5.84 Å². The molecule has 0 aliphatic carbocycles. The molecule has 0 radical (unpaired) electrons. The van der Waals surface area contributed by atoms with Crippen molar-refractivity contribution in [2.45, 2.75) is 19.4 Å². The summed E-state index contributed by atoms with van der Waals surface area (Å²) in [4.78, 5) is 11.2. The minimum Gasteiger partial charge on any atom is -0.493 e. The third-order valence-corrected chi connectivity index (χ3v) is 3.44. The Morgan fingerprint density at radius 1 is 1.37 bits per heavy atom. The van der Waals surface area contributed by atoms with Crippen molar-refractivity contribution >= 4 is 17.7 Å². The molecule has 1 aromatic rings. The molecule has 0 fully saturated rings. The van der Waals surface area contributed by atoms with Crippen molar-refractivity contribution in [2.24, 2.45) is 11.6 Å². The van der Waals surface area contributed by atoms with Crippen molar-refractivity contribution in [2.75, 3.05) is 18.1 Å². The maximum absolute atomic E-state index is 11.2. The van der Waals surface area contributed by atoms with E-state index in [1.54, 1.807) is 24.3 Å². The van der Waals surface area contributed by atoms with Crippen LogP contribution in [-0.4, -0.2) is 30.1 Å². The van der Waals surface area contributed by atoms with Crippen molar-refractivity contribution in [3.63, 3.8) is 0 Å². The van der Waals surface area contributed by atoms with Crippen LogP contribution < -0.4 is 21.7 Å². The van der Waals surface area contributed by atoms with Gasteiger partial charge >= 0.3 is 0 Å². The number of thioether (sulfide) groups is 1. The Morgan fingerprint density at radius 3 is 2.63 bits per heavy atom. The molecule has 5 nitrogen and oxygen atoms in total. The van der Waals surface area contributed by atoms with Crippen molar-refractivity contribution in [3.05, 3.63) is 29.8 Å². The number of carbonyl (C=O) groups excluding carboxylic acids is 1. The van der Waals surface area contributed by atoms with E-state index in [9.17, 15) is 4.79 Å². The smallest absolute Gasteiger partial charge is 0.265 e. The van der Waals surface area contributed by atoms with Gasteiger partial charge < -0.3 is 10.5 Å². The van der Waals surface area contributed by atoms with Gasteiger partial charge in [-0.15, -0.1) is 0 Å². The molecule has 1 rings (SSSR count). The number of benzene rings is 1. The van der Waals surface area contributed by atoms with Crippen LogP contribution in [0.1, 0.15) is 23.7 Å². The molecule has 0 heterocycles. The highest BCUT2D eigenvalue weighted by atomic mass is 32.2. The van der Waals surface area contributed by atoms with E-state index in [1.165, 1.54) is 0 Å². The summed E-state index contributed by atoms with van der Waals surface area (Å²) >= 11 is 1.83. The fourth-order valence-electron chi connectivity index (χ4n) is 1.38. The lowest BCUT2D eigenvalue weighted by atomic mass is 10.2. The fraction of sp³-hybridized carbons (Fsp3) is 0.462. The van der Waals surface area contributed by atoms with Crippen LogP contribution in [0.3, 0.4) is 0 Å². The van der Waals surface area contributed by atoms with Gasteiger partial charge in [0.2, 0.25) is 0 Å². The average molecular weight is 283 g/mol. The van der Waals surface area contributed by atoms with E-state index in [-0.39, 0.29) is 11.9 Å². The highest BCUT2D eigenvalue weighted by Gasteiger charge is 2.02. The highest BCUT2D eigenvalue weighted by Crippen LogP contribution is 2.13. The lowest BCUT2D eigenvalue weighted by molar-refractivity contribution is 0.0953. The summed E-state index contributed by atoms with van der Waals surface area (Å²) < 4.78 is 5.57. The lowest BCUT2D eigenvalue weighted by Crippen LogP contribution is -2.29. The van der Waals surface area contributed by atoms with Crippen LogP contribution in [0.25, 0.3) is 0 Å². The van der Waals surface area contributed by atoms with Crippen LogP contribution in [0.4, 0.5) is 0 Å². The van der Waals surface area contributed by atoms with Crippen LogP contribution in [0.5, 0.6) is 5.75 Å². The minimum atomic E-state index is -0.307. The Hall–Kier alpha value is -1.24. The Morgan fingerprint density at radius 2 is 2.05 bits per heavy atom. The van der Waals surface area contributed by atoms with E-state index in [0.29, 0.717) is 12.2 Å². The Labute approximate surface area is 118 Å². The zero-order chi connectivity index (χ0) is 14.1. The van der Waals surface area contributed by atoms with Gasteiger partial charge in [0.25, 0.3) is 5.91 Å². The van der Waals surface area contributed by atoms with Gasteiger partial charge in [0.15, 0.2) is 0 Å². The summed E-state index contributed by atoms with van der Waals surface area (Å²) in [7, 11) is 0. The molecule has 0 aliphatic heterocycles. The van der Waals surface area contributed by atoms with E-state index >= 15 is 0 Å². The van der Waals surface area contributed by atoms with E-state index in [1.807, 2.05) is 18.7 Å². The van der Waals surface area contributed by atoms with Gasteiger partial charge in [-0.1, -0.05) is 0 Å². The molecule has 1 atom stereocenters. The number of amides is 1. The monoisotopic (exact) mass is 283 g/mol. The number of nitrogen functional groups attached to an aromatic ring is 1. The van der Waals surface area contributed by atoms with Gasteiger partial charge in [-0.2, -0.15) is 11.8 Å². The third kappa shape index (κ3) is 6.47. The van der Waals surface area contributed by atoms with E-state index < -0.39 is 0 Å². The Bertz CT molecular complexity index is 382. The number of hydrazine groups is 1. The van der Waals surface area contributed by atoms with Crippen molar-refractivity contribution in [3.8, 4) is 5.75 Å². The quantitative estimate of drug-likeness (QED) is 0.288. The first kappa shape index (κ1) is 15.8. The third-order valence-electron chi connectivity index (χ3n) is 2.46. The molecule has 0 saturated heterocycles. The molecule has 0 saturated carbocycles. The van der Waals surface area contributed by atoms with Crippen LogP contribution in [-0.2, 0) is 0 Å². The number of nitrogens with two attached hydrogens (primary N) is 2.